The van der Waals surface area contributed by atoms with Crippen molar-refractivity contribution in [2.75, 3.05) is 37.7 Å². The van der Waals surface area contributed by atoms with E-state index in [2.05, 4.69) is 22.0 Å². The normalized spacial score (nSPS) is 21.3. The summed E-state index contributed by atoms with van der Waals surface area (Å²) in [5.41, 5.74) is 2.98. The molecule has 0 spiro atoms. The largest absolute Gasteiger partial charge is 0.439 e. The third kappa shape index (κ3) is 4.66. The third-order valence-corrected chi connectivity index (χ3v) is 8.51. The number of sulfone groups is 1. The molecule has 1 saturated carbocycles. The number of pyridine rings is 1. The van der Waals surface area contributed by atoms with Crippen LogP contribution in [0.5, 0.6) is 11.6 Å². The van der Waals surface area contributed by atoms with E-state index in [-0.39, 0.29) is 36.2 Å². The third-order valence-electron chi connectivity index (χ3n) is 6.90. The Hall–Kier alpha value is -2.45. The molecule has 0 atom stereocenters. The van der Waals surface area contributed by atoms with Crippen molar-refractivity contribution in [2.45, 2.75) is 38.1 Å². The number of fused-ring (bicyclic) bond motifs is 1. The fourth-order valence-electron chi connectivity index (χ4n) is 4.69. The molecule has 2 aromatic rings. The van der Waals surface area contributed by atoms with Gasteiger partial charge in [0, 0.05) is 38.3 Å². The van der Waals surface area contributed by atoms with Crippen molar-refractivity contribution in [1.29, 1.82) is 0 Å². The van der Waals surface area contributed by atoms with Crippen LogP contribution in [-0.2, 0) is 22.7 Å². The first-order valence-corrected chi connectivity index (χ1v) is 13.3. The molecule has 1 saturated heterocycles. The Kier molecular flexibility index (Phi) is 5.90. The Balaban J connectivity index is 1.26. The maximum atomic E-state index is 12.8. The Morgan fingerprint density at radius 3 is 2.44 bits per heavy atom. The van der Waals surface area contributed by atoms with Gasteiger partial charge in [0.05, 0.1) is 11.5 Å². The molecule has 1 amide bonds. The van der Waals surface area contributed by atoms with Crippen LogP contribution in [0.2, 0.25) is 0 Å². The zero-order valence-electron chi connectivity index (χ0n) is 18.2. The first kappa shape index (κ1) is 21.4. The number of rotatable bonds is 4. The van der Waals surface area contributed by atoms with Crippen LogP contribution in [0.15, 0.2) is 36.4 Å². The molecular formula is C24H29N3O4S. The first-order chi connectivity index (χ1) is 15.5. The molecule has 5 rings (SSSR count). The second kappa shape index (κ2) is 8.83. The van der Waals surface area contributed by atoms with Crippen molar-refractivity contribution in [1.82, 2.24) is 14.8 Å². The fourth-order valence-corrected chi connectivity index (χ4v) is 5.89. The van der Waals surface area contributed by atoms with Gasteiger partial charge in [-0.15, -0.1) is 0 Å². The van der Waals surface area contributed by atoms with Gasteiger partial charge in [0.2, 0.25) is 5.88 Å². The van der Waals surface area contributed by atoms with E-state index in [0.29, 0.717) is 5.88 Å². The van der Waals surface area contributed by atoms with Gasteiger partial charge in [0.1, 0.15) is 11.4 Å². The van der Waals surface area contributed by atoms with Crippen molar-refractivity contribution in [3.63, 3.8) is 0 Å². The second-order valence-electron chi connectivity index (χ2n) is 8.96. The lowest BCUT2D eigenvalue weighted by molar-refractivity contribution is 0.0763. The van der Waals surface area contributed by atoms with Gasteiger partial charge in [0.25, 0.3) is 5.91 Å². The summed E-state index contributed by atoms with van der Waals surface area (Å²) in [6.45, 7) is 2.63. The van der Waals surface area contributed by atoms with Crippen LogP contribution < -0.4 is 4.74 Å². The number of ether oxygens (including phenoxy) is 1. The van der Waals surface area contributed by atoms with Crippen LogP contribution in [0, 0.1) is 0 Å². The summed E-state index contributed by atoms with van der Waals surface area (Å²) < 4.78 is 29.3. The highest BCUT2D eigenvalue weighted by Gasteiger charge is 2.27. The van der Waals surface area contributed by atoms with Crippen LogP contribution in [0.1, 0.15) is 40.9 Å². The number of carbonyl (C=O) groups is 1. The molecule has 1 aromatic carbocycles. The summed E-state index contributed by atoms with van der Waals surface area (Å²) in [4.78, 5) is 21.3. The van der Waals surface area contributed by atoms with Crippen LogP contribution in [0.3, 0.4) is 0 Å². The summed E-state index contributed by atoms with van der Waals surface area (Å²) in [7, 11) is -3.04. The molecule has 170 valence electrons. The van der Waals surface area contributed by atoms with E-state index in [1.807, 2.05) is 6.07 Å². The van der Waals surface area contributed by atoms with Crippen molar-refractivity contribution >= 4 is 15.7 Å². The van der Waals surface area contributed by atoms with E-state index >= 15 is 0 Å². The topological polar surface area (TPSA) is 79.8 Å². The number of aromatic nitrogens is 1. The quantitative estimate of drug-likeness (QED) is 0.705. The van der Waals surface area contributed by atoms with Crippen LogP contribution in [-0.4, -0.2) is 72.8 Å². The van der Waals surface area contributed by atoms with E-state index in [1.165, 1.54) is 30.4 Å². The molecule has 32 heavy (non-hydrogen) atoms. The van der Waals surface area contributed by atoms with Gasteiger partial charge in [-0.1, -0.05) is 18.6 Å². The number of hydrogen-bond donors (Lipinski definition) is 0. The van der Waals surface area contributed by atoms with E-state index in [0.717, 1.165) is 37.7 Å². The van der Waals surface area contributed by atoms with E-state index in [1.54, 1.807) is 23.1 Å². The minimum atomic E-state index is -3.04. The molecule has 0 radical (unpaired) electrons. The highest BCUT2D eigenvalue weighted by Crippen LogP contribution is 2.29. The van der Waals surface area contributed by atoms with Gasteiger partial charge in [-0.2, -0.15) is 0 Å². The summed E-state index contributed by atoms with van der Waals surface area (Å²) >= 11 is 0. The molecule has 8 heteroatoms. The Bertz CT molecular complexity index is 1100. The summed E-state index contributed by atoms with van der Waals surface area (Å²) in [6.07, 6.45) is 6.11. The van der Waals surface area contributed by atoms with Crippen LogP contribution >= 0.6 is 0 Å². The summed E-state index contributed by atoms with van der Waals surface area (Å²) in [6, 6.07) is 12.1. The lowest BCUT2D eigenvalue weighted by Gasteiger charge is -2.36. The molecule has 1 aliphatic carbocycles. The minimum Gasteiger partial charge on any atom is -0.439 e. The van der Waals surface area contributed by atoms with E-state index < -0.39 is 9.84 Å². The van der Waals surface area contributed by atoms with Gasteiger partial charge in [-0.25, -0.2) is 13.4 Å². The Morgan fingerprint density at radius 2 is 1.72 bits per heavy atom. The number of hydrogen-bond acceptors (Lipinski definition) is 6. The number of benzene rings is 1. The smallest absolute Gasteiger partial charge is 0.272 e. The molecule has 1 aromatic heterocycles. The average molecular weight is 456 g/mol. The summed E-state index contributed by atoms with van der Waals surface area (Å²) in [5.74, 6) is 0.834. The SMILES string of the molecule is O=C(c1cccc(Oc2ccc3c(c2)CCN(C2CCC2)CC3)n1)N1CCS(=O)(=O)CC1. The standard InChI is InChI=1S/C24H29N3O4S/c28-24(27-13-15-32(29,30)16-14-27)22-5-2-6-23(25-22)31-21-8-7-18-9-11-26(20-3-1-4-20)12-10-19(18)17-21/h2,5-8,17,20H,1,3-4,9-16H2. The number of amides is 1. The maximum absolute atomic E-state index is 12.8. The lowest BCUT2D eigenvalue weighted by Crippen LogP contribution is -2.44. The molecule has 3 heterocycles. The predicted molar refractivity (Wildman–Crippen MR) is 122 cm³/mol. The molecule has 3 aliphatic rings. The van der Waals surface area contributed by atoms with E-state index in [4.69, 9.17) is 4.74 Å². The van der Waals surface area contributed by atoms with Crippen LogP contribution in [0.25, 0.3) is 0 Å². The second-order valence-corrected chi connectivity index (χ2v) is 11.3. The summed E-state index contributed by atoms with van der Waals surface area (Å²) in [5, 5.41) is 0. The predicted octanol–water partition coefficient (Wildman–Crippen LogP) is 2.70. The minimum absolute atomic E-state index is 0.00221. The molecule has 2 fully saturated rings. The highest BCUT2D eigenvalue weighted by molar-refractivity contribution is 7.91. The van der Waals surface area contributed by atoms with Gasteiger partial charge >= 0.3 is 0 Å². The average Bonchev–Trinajstić information content (AvgIpc) is 2.95. The lowest BCUT2D eigenvalue weighted by atomic mass is 9.91. The molecular weight excluding hydrogens is 426 g/mol. The molecule has 0 unspecified atom stereocenters. The Morgan fingerprint density at radius 1 is 0.969 bits per heavy atom. The molecule has 0 N–H and O–H groups in total. The zero-order valence-corrected chi connectivity index (χ0v) is 19.0. The van der Waals surface area contributed by atoms with Gasteiger partial charge in [-0.3, -0.25) is 9.69 Å². The maximum Gasteiger partial charge on any atom is 0.272 e. The van der Waals surface area contributed by atoms with Crippen LogP contribution in [0.4, 0.5) is 0 Å². The number of carbonyl (C=O) groups excluding carboxylic acids is 1. The molecule has 7 nitrogen and oxygen atoms in total. The highest BCUT2D eigenvalue weighted by atomic mass is 32.2. The van der Waals surface area contributed by atoms with Crippen molar-refractivity contribution in [3.8, 4) is 11.6 Å². The van der Waals surface area contributed by atoms with Crippen molar-refractivity contribution in [2.24, 2.45) is 0 Å². The molecule has 0 bridgehead atoms. The number of nitrogens with zero attached hydrogens (tertiary/aromatic N) is 3. The Labute approximate surface area is 189 Å². The molecule has 2 aliphatic heterocycles. The van der Waals surface area contributed by atoms with Crippen molar-refractivity contribution in [3.05, 3.63) is 53.2 Å². The monoisotopic (exact) mass is 455 g/mol. The van der Waals surface area contributed by atoms with E-state index in [9.17, 15) is 13.2 Å². The van der Waals surface area contributed by atoms with Gasteiger partial charge in [-0.05, 0) is 55.0 Å². The zero-order chi connectivity index (χ0) is 22.1. The fraction of sp³-hybridized carbons (Fsp3) is 0.500. The van der Waals surface area contributed by atoms with Gasteiger partial charge in [0.15, 0.2) is 9.84 Å². The van der Waals surface area contributed by atoms with Gasteiger partial charge < -0.3 is 9.64 Å². The first-order valence-electron chi connectivity index (χ1n) is 11.5. The van der Waals surface area contributed by atoms with Crippen molar-refractivity contribution < 1.29 is 17.9 Å².